The molecule has 0 saturated heterocycles. The molecule has 2 aromatic heterocycles. The second-order valence-corrected chi connectivity index (χ2v) is 4.85. The second-order valence-electron chi connectivity index (χ2n) is 4.85. The Kier molecular flexibility index (Phi) is 4.04. The smallest absolute Gasteiger partial charge is 0.255 e. The fourth-order valence-electron chi connectivity index (χ4n) is 2.18. The zero-order chi connectivity index (χ0) is 15.4. The number of hydrogen-bond donors (Lipinski definition) is 1. The molecule has 0 unspecified atom stereocenters. The van der Waals surface area contributed by atoms with E-state index in [1.807, 2.05) is 0 Å². The molecule has 0 aliphatic carbocycles. The molecule has 6 nitrogen and oxygen atoms in total. The van der Waals surface area contributed by atoms with Gasteiger partial charge in [-0.15, -0.1) is 5.10 Å². The Morgan fingerprint density at radius 2 is 2.05 bits per heavy atom. The molecule has 0 saturated carbocycles. The second kappa shape index (κ2) is 6.30. The summed E-state index contributed by atoms with van der Waals surface area (Å²) in [6.07, 6.45) is 3.23. The van der Waals surface area contributed by atoms with E-state index in [4.69, 9.17) is 0 Å². The molecular weight excluding hydrogens is 285 g/mol. The molecule has 3 aromatic rings. The van der Waals surface area contributed by atoms with Gasteiger partial charge in [0.15, 0.2) is 5.65 Å². The first-order valence-corrected chi connectivity index (χ1v) is 6.93. The van der Waals surface area contributed by atoms with Crippen LogP contribution < -0.4 is 5.32 Å². The number of pyridine rings is 1. The van der Waals surface area contributed by atoms with Crippen LogP contribution in [0.25, 0.3) is 5.65 Å². The average molecular weight is 299 g/mol. The van der Waals surface area contributed by atoms with Crippen LogP contribution in [0.3, 0.4) is 0 Å². The molecule has 0 aliphatic heterocycles. The van der Waals surface area contributed by atoms with Crippen LogP contribution in [0.4, 0.5) is 4.39 Å². The van der Waals surface area contributed by atoms with Crippen molar-refractivity contribution in [2.75, 3.05) is 6.54 Å². The predicted octanol–water partition coefficient (Wildman–Crippen LogP) is 1.63. The molecule has 22 heavy (non-hydrogen) atoms. The Hall–Kier alpha value is -2.83. The van der Waals surface area contributed by atoms with E-state index in [1.54, 1.807) is 30.5 Å². The molecule has 0 radical (unpaired) electrons. The van der Waals surface area contributed by atoms with Crippen LogP contribution in [0, 0.1) is 5.82 Å². The monoisotopic (exact) mass is 299 g/mol. The van der Waals surface area contributed by atoms with Gasteiger partial charge in [0.2, 0.25) is 0 Å². The van der Waals surface area contributed by atoms with Crippen molar-refractivity contribution in [2.24, 2.45) is 0 Å². The molecule has 3 rings (SSSR count). The number of aryl methyl sites for hydroxylation is 1. The zero-order valence-electron chi connectivity index (χ0n) is 11.7. The Labute approximate surface area is 126 Å². The van der Waals surface area contributed by atoms with Gasteiger partial charge < -0.3 is 5.32 Å². The molecule has 0 fully saturated rings. The van der Waals surface area contributed by atoms with Gasteiger partial charge in [-0.1, -0.05) is 12.1 Å². The standard InChI is InChI=1S/C15H14FN5O/c16-12-7-5-11(6-8-12)3-1-9-17-15(22)13-4-2-10-21-14(13)18-19-20-21/h2,4-8,10H,1,3,9H2,(H,17,22). The molecule has 112 valence electrons. The number of hydrogen-bond acceptors (Lipinski definition) is 4. The summed E-state index contributed by atoms with van der Waals surface area (Å²) in [6, 6.07) is 9.77. The average Bonchev–Trinajstić information content (AvgIpc) is 3.01. The third-order valence-corrected chi connectivity index (χ3v) is 3.31. The summed E-state index contributed by atoms with van der Waals surface area (Å²) < 4.78 is 14.2. The molecule has 1 N–H and O–H groups in total. The van der Waals surface area contributed by atoms with Crippen LogP contribution in [-0.4, -0.2) is 32.5 Å². The topological polar surface area (TPSA) is 72.2 Å². The number of nitrogens with one attached hydrogen (secondary N) is 1. The van der Waals surface area contributed by atoms with Crippen molar-refractivity contribution in [3.8, 4) is 0 Å². The minimum Gasteiger partial charge on any atom is -0.352 e. The van der Waals surface area contributed by atoms with Crippen molar-refractivity contribution in [2.45, 2.75) is 12.8 Å². The molecule has 1 amide bonds. The molecule has 0 atom stereocenters. The largest absolute Gasteiger partial charge is 0.352 e. The lowest BCUT2D eigenvalue weighted by Crippen LogP contribution is -2.25. The first kappa shape index (κ1) is 14.1. The number of tetrazole rings is 1. The zero-order valence-corrected chi connectivity index (χ0v) is 11.7. The van der Waals surface area contributed by atoms with Crippen LogP contribution in [0.1, 0.15) is 22.3 Å². The first-order valence-electron chi connectivity index (χ1n) is 6.93. The summed E-state index contributed by atoms with van der Waals surface area (Å²) >= 11 is 0. The van der Waals surface area contributed by atoms with Crippen LogP contribution >= 0.6 is 0 Å². The van der Waals surface area contributed by atoms with Gasteiger partial charge in [0.1, 0.15) is 5.82 Å². The van der Waals surface area contributed by atoms with E-state index in [0.717, 1.165) is 18.4 Å². The molecular formula is C15H14FN5O. The first-order chi connectivity index (χ1) is 10.7. The fraction of sp³-hybridized carbons (Fsp3) is 0.200. The summed E-state index contributed by atoms with van der Waals surface area (Å²) in [4.78, 5) is 12.1. The van der Waals surface area contributed by atoms with Gasteiger partial charge in [0.25, 0.3) is 5.91 Å². The highest BCUT2D eigenvalue weighted by molar-refractivity contribution is 5.99. The van der Waals surface area contributed by atoms with Gasteiger partial charge in [-0.05, 0) is 53.1 Å². The van der Waals surface area contributed by atoms with Crippen LogP contribution in [0.2, 0.25) is 0 Å². The van der Waals surface area contributed by atoms with E-state index in [-0.39, 0.29) is 11.7 Å². The van der Waals surface area contributed by atoms with Crippen molar-refractivity contribution in [3.63, 3.8) is 0 Å². The van der Waals surface area contributed by atoms with Crippen LogP contribution in [0.5, 0.6) is 0 Å². The highest BCUT2D eigenvalue weighted by Crippen LogP contribution is 2.07. The summed E-state index contributed by atoms with van der Waals surface area (Å²) in [5.41, 5.74) is 1.91. The lowest BCUT2D eigenvalue weighted by molar-refractivity contribution is 0.0954. The minimum atomic E-state index is -0.243. The van der Waals surface area contributed by atoms with E-state index in [0.29, 0.717) is 17.8 Å². The van der Waals surface area contributed by atoms with Crippen molar-refractivity contribution in [3.05, 3.63) is 59.5 Å². The number of halogens is 1. The third kappa shape index (κ3) is 3.08. The third-order valence-electron chi connectivity index (χ3n) is 3.31. The number of carbonyl (C=O) groups is 1. The highest BCUT2D eigenvalue weighted by atomic mass is 19.1. The number of aromatic nitrogens is 4. The van der Waals surface area contributed by atoms with Crippen LogP contribution in [-0.2, 0) is 6.42 Å². The molecule has 2 heterocycles. The number of benzene rings is 1. The number of rotatable bonds is 5. The van der Waals surface area contributed by atoms with Crippen molar-refractivity contribution >= 4 is 11.6 Å². The molecule has 0 spiro atoms. The summed E-state index contributed by atoms with van der Waals surface area (Å²) in [7, 11) is 0. The van der Waals surface area contributed by atoms with Gasteiger partial charge in [-0.25, -0.2) is 4.39 Å². The van der Waals surface area contributed by atoms with Gasteiger partial charge >= 0.3 is 0 Å². The van der Waals surface area contributed by atoms with Gasteiger partial charge in [0, 0.05) is 12.7 Å². The van der Waals surface area contributed by atoms with E-state index in [1.165, 1.54) is 16.6 Å². The predicted molar refractivity (Wildman–Crippen MR) is 77.8 cm³/mol. The highest BCUT2D eigenvalue weighted by Gasteiger charge is 2.11. The number of carbonyl (C=O) groups excluding carboxylic acids is 1. The van der Waals surface area contributed by atoms with Crippen LogP contribution in [0.15, 0.2) is 42.6 Å². The Morgan fingerprint density at radius 1 is 1.23 bits per heavy atom. The quantitative estimate of drug-likeness (QED) is 0.727. The molecule has 0 bridgehead atoms. The van der Waals surface area contributed by atoms with E-state index in [9.17, 15) is 9.18 Å². The van der Waals surface area contributed by atoms with Gasteiger partial charge in [0.05, 0.1) is 5.56 Å². The maximum absolute atomic E-state index is 12.8. The fourth-order valence-corrected chi connectivity index (χ4v) is 2.18. The van der Waals surface area contributed by atoms with E-state index < -0.39 is 0 Å². The Bertz CT molecular complexity index is 784. The van der Waals surface area contributed by atoms with Crippen molar-refractivity contribution in [1.29, 1.82) is 0 Å². The van der Waals surface area contributed by atoms with E-state index in [2.05, 4.69) is 20.8 Å². The lowest BCUT2D eigenvalue weighted by atomic mass is 10.1. The molecule has 7 heteroatoms. The van der Waals surface area contributed by atoms with Gasteiger partial charge in [-0.3, -0.25) is 4.79 Å². The maximum atomic E-state index is 12.8. The molecule has 0 aliphatic rings. The molecule has 1 aromatic carbocycles. The Morgan fingerprint density at radius 3 is 2.86 bits per heavy atom. The van der Waals surface area contributed by atoms with E-state index >= 15 is 0 Å². The maximum Gasteiger partial charge on any atom is 0.255 e. The van der Waals surface area contributed by atoms with Gasteiger partial charge in [-0.2, -0.15) is 4.52 Å². The number of fused-ring (bicyclic) bond motifs is 1. The van der Waals surface area contributed by atoms with Crippen molar-refractivity contribution < 1.29 is 9.18 Å². The minimum absolute atomic E-state index is 0.209. The normalized spacial score (nSPS) is 10.8. The summed E-state index contributed by atoms with van der Waals surface area (Å²) in [6.45, 7) is 0.527. The number of amides is 1. The summed E-state index contributed by atoms with van der Waals surface area (Å²) in [5.74, 6) is -0.452. The summed E-state index contributed by atoms with van der Waals surface area (Å²) in [5, 5.41) is 14.0. The SMILES string of the molecule is O=C(NCCCc1ccc(F)cc1)c1cccn2nnnc12. The lowest BCUT2D eigenvalue weighted by Gasteiger charge is -2.06. The number of nitrogens with zero attached hydrogens (tertiary/aromatic N) is 4. The van der Waals surface area contributed by atoms with Crippen molar-refractivity contribution in [1.82, 2.24) is 25.4 Å². The Balaban J connectivity index is 1.54.